The lowest BCUT2D eigenvalue weighted by Gasteiger charge is -2.24. The molecule has 0 spiro atoms. The molecule has 1 atom stereocenters. The van der Waals surface area contributed by atoms with E-state index in [0.717, 1.165) is 30.4 Å². The second kappa shape index (κ2) is 8.43. The number of benzene rings is 1. The van der Waals surface area contributed by atoms with Gasteiger partial charge in [0, 0.05) is 24.0 Å². The molecule has 1 aliphatic rings. The van der Waals surface area contributed by atoms with Crippen molar-refractivity contribution in [3.05, 3.63) is 48.3 Å². The Morgan fingerprint density at radius 1 is 1.28 bits per heavy atom. The van der Waals surface area contributed by atoms with Gasteiger partial charge in [0.2, 0.25) is 0 Å². The standard InChI is InChI=1S/C19H27N5S/c1-3-20-18(22-15-19(2)11-7-13-25-19)21-14-16-10-12-24(23-16)17-8-5-4-6-9-17/h4-6,8-10,12H,3,7,11,13-15H2,1-2H3,(H2,20,21,22). The fourth-order valence-corrected chi connectivity index (χ4v) is 4.16. The maximum absolute atomic E-state index is 4.69. The van der Waals surface area contributed by atoms with Crippen molar-refractivity contribution >= 4 is 17.7 Å². The number of nitrogens with one attached hydrogen (secondary N) is 2. The third-order valence-electron chi connectivity index (χ3n) is 4.34. The van der Waals surface area contributed by atoms with Gasteiger partial charge in [-0.05, 0) is 50.6 Å². The minimum Gasteiger partial charge on any atom is -0.357 e. The van der Waals surface area contributed by atoms with Crippen LogP contribution in [0.1, 0.15) is 32.4 Å². The highest BCUT2D eigenvalue weighted by molar-refractivity contribution is 8.00. The Morgan fingerprint density at radius 2 is 2.12 bits per heavy atom. The first-order valence-corrected chi connectivity index (χ1v) is 9.93. The summed E-state index contributed by atoms with van der Waals surface area (Å²) < 4.78 is 2.21. The molecule has 0 aliphatic carbocycles. The van der Waals surface area contributed by atoms with Crippen molar-refractivity contribution in [2.75, 3.05) is 18.8 Å². The first-order valence-electron chi connectivity index (χ1n) is 8.95. The number of guanidine groups is 1. The number of rotatable bonds is 6. The zero-order chi connectivity index (χ0) is 17.5. The Bertz CT molecular complexity index is 689. The van der Waals surface area contributed by atoms with E-state index in [4.69, 9.17) is 4.99 Å². The second-order valence-corrected chi connectivity index (χ2v) is 8.22. The van der Waals surface area contributed by atoms with Crippen molar-refractivity contribution in [2.24, 2.45) is 4.99 Å². The van der Waals surface area contributed by atoms with Gasteiger partial charge in [-0.3, -0.25) is 0 Å². The zero-order valence-corrected chi connectivity index (χ0v) is 15.9. The summed E-state index contributed by atoms with van der Waals surface area (Å²) in [6.07, 6.45) is 4.57. The van der Waals surface area contributed by atoms with E-state index in [1.807, 2.05) is 47.3 Å². The molecular weight excluding hydrogens is 330 g/mol. The van der Waals surface area contributed by atoms with Crippen molar-refractivity contribution in [2.45, 2.75) is 38.0 Å². The van der Waals surface area contributed by atoms with Crippen LogP contribution < -0.4 is 10.6 Å². The van der Waals surface area contributed by atoms with Crippen LogP contribution in [-0.4, -0.2) is 39.3 Å². The lowest BCUT2D eigenvalue weighted by molar-refractivity contribution is 0.584. The van der Waals surface area contributed by atoms with Crippen molar-refractivity contribution < 1.29 is 0 Å². The third-order valence-corrected chi connectivity index (χ3v) is 5.88. The van der Waals surface area contributed by atoms with Crippen molar-refractivity contribution in [3.63, 3.8) is 0 Å². The summed E-state index contributed by atoms with van der Waals surface area (Å²) in [4.78, 5) is 4.69. The number of aromatic nitrogens is 2. The van der Waals surface area contributed by atoms with Crippen LogP contribution in [0.25, 0.3) is 5.69 Å². The predicted octanol–water partition coefficient (Wildman–Crippen LogP) is 3.21. The molecule has 2 N–H and O–H groups in total. The van der Waals surface area contributed by atoms with E-state index in [2.05, 4.69) is 41.3 Å². The molecule has 6 heteroatoms. The maximum Gasteiger partial charge on any atom is 0.191 e. The van der Waals surface area contributed by atoms with Gasteiger partial charge in [0.1, 0.15) is 0 Å². The highest BCUT2D eigenvalue weighted by atomic mass is 32.2. The van der Waals surface area contributed by atoms with Crippen molar-refractivity contribution in [3.8, 4) is 5.69 Å². The molecule has 25 heavy (non-hydrogen) atoms. The number of para-hydroxylation sites is 1. The quantitative estimate of drug-likeness (QED) is 0.616. The maximum atomic E-state index is 4.69. The van der Waals surface area contributed by atoms with Crippen LogP contribution in [0.4, 0.5) is 0 Å². The fourth-order valence-electron chi connectivity index (χ4n) is 2.92. The molecule has 0 saturated carbocycles. The van der Waals surface area contributed by atoms with Gasteiger partial charge in [-0.2, -0.15) is 16.9 Å². The molecule has 0 amide bonds. The molecule has 3 rings (SSSR count). The van der Waals surface area contributed by atoms with E-state index in [1.165, 1.54) is 18.6 Å². The minimum atomic E-state index is 0.324. The Labute approximate surface area is 154 Å². The summed E-state index contributed by atoms with van der Waals surface area (Å²) in [6.45, 7) is 6.80. The van der Waals surface area contributed by atoms with Crippen LogP contribution in [-0.2, 0) is 6.54 Å². The van der Waals surface area contributed by atoms with Crippen molar-refractivity contribution in [1.82, 2.24) is 20.4 Å². The molecule has 1 unspecified atom stereocenters. The molecular formula is C19H27N5S. The largest absolute Gasteiger partial charge is 0.357 e. The predicted molar refractivity (Wildman–Crippen MR) is 106 cm³/mol. The average Bonchev–Trinajstić information content (AvgIpc) is 3.28. The summed E-state index contributed by atoms with van der Waals surface area (Å²) >= 11 is 2.06. The molecule has 0 radical (unpaired) electrons. The number of thioether (sulfide) groups is 1. The van der Waals surface area contributed by atoms with Gasteiger partial charge in [0.15, 0.2) is 5.96 Å². The van der Waals surface area contributed by atoms with E-state index in [-0.39, 0.29) is 0 Å². The molecule has 1 aromatic heterocycles. The highest BCUT2D eigenvalue weighted by Gasteiger charge is 2.29. The van der Waals surface area contributed by atoms with Crippen LogP contribution in [0.5, 0.6) is 0 Å². The first kappa shape index (κ1) is 17.9. The highest BCUT2D eigenvalue weighted by Crippen LogP contribution is 2.36. The Morgan fingerprint density at radius 3 is 2.84 bits per heavy atom. The lowest BCUT2D eigenvalue weighted by Crippen LogP contribution is -2.43. The molecule has 2 aromatic rings. The summed E-state index contributed by atoms with van der Waals surface area (Å²) in [7, 11) is 0. The first-order chi connectivity index (χ1) is 12.2. The van der Waals surface area contributed by atoms with Crippen molar-refractivity contribution in [1.29, 1.82) is 0 Å². The Balaban J connectivity index is 1.60. The Kier molecular flexibility index (Phi) is 6.02. The summed E-state index contributed by atoms with van der Waals surface area (Å²) in [6, 6.07) is 12.2. The topological polar surface area (TPSA) is 54.2 Å². The third kappa shape index (κ3) is 5.01. The second-order valence-electron chi connectivity index (χ2n) is 6.54. The van der Waals surface area contributed by atoms with Crippen LogP contribution in [0.15, 0.2) is 47.6 Å². The lowest BCUT2D eigenvalue weighted by atomic mass is 10.1. The van der Waals surface area contributed by atoms with Crippen LogP contribution in [0.3, 0.4) is 0 Å². The SMILES string of the molecule is CCNC(=NCc1ccn(-c2ccccc2)n1)NCC1(C)CCCS1. The smallest absolute Gasteiger partial charge is 0.191 e. The molecule has 134 valence electrons. The number of aliphatic imine (C=N–C) groups is 1. The number of nitrogens with zero attached hydrogens (tertiary/aromatic N) is 3. The molecule has 1 aromatic carbocycles. The fraction of sp³-hybridized carbons (Fsp3) is 0.474. The number of hydrogen-bond acceptors (Lipinski definition) is 3. The summed E-state index contributed by atoms with van der Waals surface area (Å²) in [5.41, 5.74) is 2.02. The normalized spacial score (nSPS) is 20.6. The van der Waals surface area contributed by atoms with E-state index in [9.17, 15) is 0 Å². The molecule has 1 fully saturated rings. The number of hydrogen-bond donors (Lipinski definition) is 2. The summed E-state index contributed by atoms with van der Waals surface area (Å²) in [5.74, 6) is 2.13. The van der Waals surface area contributed by atoms with Gasteiger partial charge >= 0.3 is 0 Å². The van der Waals surface area contributed by atoms with Crippen LogP contribution in [0, 0.1) is 0 Å². The molecule has 0 bridgehead atoms. The van der Waals surface area contributed by atoms with E-state index in [0.29, 0.717) is 11.3 Å². The minimum absolute atomic E-state index is 0.324. The monoisotopic (exact) mass is 357 g/mol. The van der Waals surface area contributed by atoms with Gasteiger partial charge in [-0.1, -0.05) is 18.2 Å². The molecule has 2 heterocycles. The van der Waals surface area contributed by atoms with Gasteiger partial charge in [0.05, 0.1) is 17.9 Å². The van der Waals surface area contributed by atoms with E-state index in [1.54, 1.807) is 0 Å². The molecule has 5 nitrogen and oxygen atoms in total. The zero-order valence-electron chi connectivity index (χ0n) is 15.0. The van der Waals surface area contributed by atoms with Gasteiger partial charge in [-0.15, -0.1) is 0 Å². The molecule has 1 aliphatic heterocycles. The van der Waals surface area contributed by atoms with Crippen LogP contribution >= 0.6 is 11.8 Å². The van der Waals surface area contributed by atoms with Gasteiger partial charge < -0.3 is 10.6 Å². The van der Waals surface area contributed by atoms with E-state index < -0.39 is 0 Å². The molecule has 1 saturated heterocycles. The van der Waals surface area contributed by atoms with Crippen LogP contribution in [0.2, 0.25) is 0 Å². The Hall–Kier alpha value is -1.95. The van der Waals surface area contributed by atoms with Gasteiger partial charge in [-0.25, -0.2) is 9.67 Å². The summed E-state index contributed by atoms with van der Waals surface area (Å²) in [5, 5.41) is 11.4. The average molecular weight is 358 g/mol. The van der Waals surface area contributed by atoms with E-state index >= 15 is 0 Å². The van der Waals surface area contributed by atoms with Gasteiger partial charge in [0.25, 0.3) is 0 Å².